The van der Waals surface area contributed by atoms with Gasteiger partial charge in [0.1, 0.15) is 37.0 Å². The third-order valence-corrected chi connectivity index (χ3v) is 8.46. The van der Waals surface area contributed by atoms with E-state index in [1.165, 1.54) is 13.8 Å². The van der Waals surface area contributed by atoms with E-state index in [0.717, 1.165) is 11.1 Å². The van der Waals surface area contributed by atoms with Gasteiger partial charge in [0.15, 0.2) is 6.29 Å². The first-order valence-electron chi connectivity index (χ1n) is 15.6. The van der Waals surface area contributed by atoms with Crippen molar-refractivity contribution in [1.82, 2.24) is 16.0 Å². The number of nitrogens with two attached hydrogens (primary N) is 1. The molecule has 2 heterocycles. The lowest BCUT2D eigenvalue weighted by Gasteiger charge is -2.47. The van der Waals surface area contributed by atoms with E-state index in [4.69, 9.17) is 29.4 Å². The number of ether oxygens (including phenoxy) is 5. The van der Waals surface area contributed by atoms with Gasteiger partial charge in [-0.25, -0.2) is 4.79 Å². The molecule has 0 radical (unpaired) electrons. The Kier molecular flexibility index (Phi) is 11.1. The second-order valence-corrected chi connectivity index (χ2v) is 11.9. The SMILES string of the molecule is C[C@H](NC(=O)[C@@H](C)O[C@@H]1[C@H]2NC(=O)O[C@H]2C[C@@H]2CO[C@@H](c3ccccc3)O[C@H]21)C(=O)N[C@H](CCC(=O)OCc1ccccc1)C(N)=O. The van der Waals surface area contributed by atoms with Crippen LogP contribution in [-0.4, -0.2) is 78.9 Å². The Morgan fingerprint density at radius 3 is 2.40 bits per heavy atom. The standard InChI is InChI=1S/C33H40N4O10/c1-18(30(40)36-23(29(34)39)13-14-25(38)43-16-20-9-5-3-6-10-20)35-31(41)19(2)45-28-26-24(46-33(42)37-26)15-22-17-44-32(47-27(22)28)21-11-7-4-8-12-21/h3-12,18-19,22-24,26-28,32H,13-17H2,1-2H3,(H2,34,39)(H,35,41)(H,36,40)(H,37,42)/t18-,19+,22+,23+,24-,26-,27+,28+,32+/m0/s1. The van der Waals surface area contributed by atoms with Crippen molar-refractivity contribution in [2.75, 3.05) is 6.61 Å². The zero-order chi connectivity index (χ0) is 33.5. The third-order valence-electron chi connectivity index (χ3n) is 8.46. The Morgan fingerprint density at radius 1 is 1.00 bits per heavy atom. The highest BCUT2D eigenvalue weighted by molar-refractivity contribution is 5.92. The molecule has 0 unspecified atom stereocenters. The van der Waals surface area contributed by atoms with Crippen LogP contribution in [0.15, 0.2) is 60.7 Å². The number of nitrogens with one attached hydrogen (secondary N) is 3. The minimum Gasteiger partial charge on any atom is -0.461 e. The summed E-state index contributed by atoms with van der Waals surface area (Å²) in [6.07, 6.45) is -3.82. The summed E-state index contributed by atoms with van der Waals surface area (Å²) in [5, 5.41) is 7.86. The van der Waals surface area contributed by atoms with Crippen LogP contribution in [0.1, 0.15) is 50.5 Å². The van der Waals surface area contributed by atoms with Crippen molar-refractivity contribution in [3.8, 4) is 0 Å². The van der Waals surface area contributed by atoms with Gasteiger partial charge in [-0.1, -0.05) is 60.7 Å². The summed E-state index contributed by atoms with van der Waals surface area (Å²) in [7, 11) is 0. The van der Waals surface area contributed by atoms with Gasteiger partial charge in [-0.15, -0.1) is 0 Å². The normalized spacial score (nSPS) is 26.6. The second-order valence-electron chi connectivity index (χ2n) is 11.9. The highest BCUT2D eigenvalue weighted by atomic mass is 16.7. The van der Waals surface area contributed by atoms with E-state index in [-0.39, 0.29) is 25.4 Å². The van der Waals surface area contributed by atoms with Crippen molar-refractivity contribution >= 4 is 29.8 Å². The molecular weight excluding hydrogens is 612 g/mol. The van der Waals surface area contributed by atoms with Gasteiger partial charge in [-0.3, -0.25) is 19.2 Å². The van der Waals surface area contributed by atoms with E-state index < -0.39 is 78.6 Å². The molecule has 1 aliphatic carbocycles. The maximum atomic E-state index is 13.2. The largest absolute Gasteiger partial charge is 0.461 e. The average molecular weight is 653 g/mol. The number of hydrogen-bond acceptors (Lipinski definition) is 10. The van der Waals surface area contributed by atoms with Gasteiger partial charge in [0.2, 0.25) is 17.7 Å². The first-order chi connectivity index (χ1) is 22.6. The number of fused-ring (bicyclic) bond motifs is 2. The van der Waals surface area contributed by atoms with Gasteiger partial charge in [0.25, 0.3) is 0 Å². The van der Waals surface area contributed by atoms with Crippen molar-refractivity contribution < 1.29 is 47.7 Å². The maximum Gasteiger partial charge on any atom is 0.407 e. The van der Waals surface area contributed by atoms with Crippen LogP contribution in [0.5, 0.6) is 0 Å². The summed E-state index contributed by atoms with van der Waals surface area (Å²) in [6, 6.07) is 15.7. The molecule has 3 aliphatic rings. The Labute approximate surface area is 271 Å². The van der Waals surface area contributed by atoms with Crippen LogP contribution in [-0.2, 0) is 49.5 Å². The molecule has 252 valence electrons. The lowest BCUT2D eigenvalue weighted by Crippen LogP contribution is -2.62. The molecule has 14 heteroatoms. The molecule has 9 atom stereocenters. The number of rotatable bonds is 13. The summed E-state index contributed by atoms with van der Waals surface area (Å²) < 4.78 is 29.3. The summed E-state index contributed by atoms with van der Waals surface area (Å²) in [4.78, 5) is 62.5. The molecule has 47 heavy (non-hydrogen) atoms. The van der Waals surface area contributed by atoms with Crippen molar-refractivity contribution in [1.29, 1.82) is 0 Å². The number of amides is 4. The van der Waals surface area contributed by atoms with Crippen molar-refractivity contribution in [2.24, 2.45) is 11.7 Å². The predicted octanol–water partition coefficient (Wildman–Crippen LogP) is 1.37. The molecule has 3 fully saturated rings. The van der Waals surface area contributed by atoms with Crippen LogP contribution in [0.2, 0.25) is 0 Å². The van der Waals surface area contributed by atoms with Gasteiger partial charge < -0.3 is 45.4 Å². The molecule has 0 aromatic heterocycles. The molecular formula is C33H40N4O10. The van der Waals surface area contributed by atoms with Gasteiger partial charge in [0, 0.05) is 17.9 Å². The summed E-state index contributed by atoms with van der Waals surface area (Å²) in [5.74, 6) is -2.84. The van der Waals surface area contributed by atoms with E-state index in [9.17, 15) is 24.0 Å². The first kappa shape index (κ1) is 33.8. The van der Waals surface area contributed by atoms with Gasteiger partial charge >= 0.3 is 12.1 Å². The van der Waals surface area contributed by atoms with Crippen molar-refractivity contribution in [3.05, 3.63) is 71.8 Å². The van der Waals surface area contributed by atoms with Crippen molar-refractivity contribution in [2.45, 2.75) is 88.5 Å². The van der Waals surface area contributed by atoms with Gasteiger partial charge in [-0.2, -0.15) is 0 Å². The third kappa shape index (κ3) is 8.64. The molecule has 1 saturated carbocycles. The number of benzene rings is 2. The number of carbonyl (C=O) groups excluding carboxylic acids is 5. The van der Waals surface area contributed by atoms with E-state index in [2.05, 4.69) is 16.0 Å². The van der Waals surface area contributed by atoms with E-state index in [1.54, 1.807) is 0 Å². The zero-order valence-corrected chi connectivity index (χ0v) is 26.2. The number of carbonyl (C=O) groups is 5. The number of hydrogen-bond donors (Lipinski definition) is 4. The number of alkyl carbamates (subject to hydrolysis) is 1. The molecule has 0 bridgehead atoms. The van der Waals surface area contributed by atoms with E-state index in [0.29, 0.717) is 13.0 Å². The second kappa shape index (κ2) is 15.4. The highest BCUT2D eigenvalue weighted by Crippen LogP contribution is 2.41. The van der Waals surface area contributed by atoms with E-state index in [1.807, 2.05) is 60.7 Å². The fourth-order valence-electron chi connectivity index (χ4n) is 5.91. The molecule has 4 amide bonds. The molecule has 14 nitrogen and oxygen atoms in total. The van der Waals surface area contributed by atoms with Crippen LogP contribution < -0.4 is 21.7 Å². The maximum absolute atomic E-state index is 13.2. The van der Waals surface area contributed by atoms with E-state index >= 15 is 0 Å². The van der Waals surface area contributed by atoms with Crippen LogP contribution >= 0.6 is 0 Å². The fraction of sp³-hybridized carbons (Fsp3) is 0.485. The molecule has 2 aromatic rings. The molecule has 5 N–H and O–H groups in total. The van der Waals surface area contributed by atoms with Crippen LogP contribution in [0.25, 0.3) is 0 Å². The molecule has 2 aromatic carbocycles. The monoisotopic (exact) mass is 652 g/mol. The Hall–Kier alpha value is -4.53. The minimum atomic E-state index is -1.16. The van der Waals surface area contributed by atoms with Gasteiger partial charge in [-0.05, 0) is 32.3 Å². The van der Waals surface area contributed by atoms with Crippen LogP contribution in [0.3, 0.4) is 0 Å². The molecule has 0 spiro atoms. The summed E-state index contributed by atoms with van der Waals surface area (Å²) in [5.41, 5.74) is 7.10. The summed E-state index contributed by atoms with van der Waals surface area (Å²) in [6.45, 7) is 3.38. The molecule has 2 saturated heterocycles. The van der Waals surface area contributed by atoms with Crippen LogP contribution in [0.4, 0.5) is 4.79 Å². The van der Waals surface area contributed by atoms with Crippen LogP contribution in [0, 0.1) is 5.92 Å². The first-order valence-corrected chi connectivity index (χ1v) is 15.6. The topological polar surface area (TPSA) is 194 Å². The smallest absolute Gasteiger partial charge is 0.407 e. The quantitative estimate of drug-likeness (QED) is 0.230. The molecule has 5 rings (SSSR count). The minimum absolute atomic E-state index is 0.0765. The Bertz CT molecular complexity index is 1430. The number of esters is 1. The summed E-state index contributed by atoms with van der Waals surface area (Å²) >= 11 is 0. The molecule has 2 aliphatic heterocycles. The van der Waals surface area contributed by atoms with Crippen molar-refractivity contribution in [3.63, 3.8) is 0 Å². The van der Waals surface area contributed by atoms with Gasteiger partial charge in [0.05, 0.1) is 18.8 Å². The Morgan fingerprint density at radius 2 is 1.70 bits per heavy atom. The Balaban J connectivity index is 1.14. The highest BCUT2D eigenvalue weighted by Gasteiger charge is 2.54. The average Bonchev–Trinajstić information content (AvgIpc) is 3.45. The fourth-order valence-corrected chi connectivity index (χ4v) is 5.91. The number of primary amides is 1. The lowest BCUT2D eigenvalue weighted by atomic mass is 9.79. The lowest BCUT2D eigenvalue weighted by molar-refractivity contribution is -0.285. The predicted molar refractivity (Wildman–Crippen MR) is 164 cm³/mol. The zero-order valence-electron chi connectivity index (χ0n) is 26.2.